The molecule has 2 atom stereocenters. The maximum Gasteiger partial charge on any atom is 0.123 e. The molecule has 0 radical (unpaired) electrons. The molecule has 0 aromatic heterocycles. The summed E-state index contributed by atoms with van der Waals surface area (Å²) in [6.07, 6.45) is 13.7. The third kappa shape index (κ3) is 6.32. The summed E-state index contributed by atoms with van der Waals surface area (Å²) in [6, 6.07) is 23.3. The lowest BCUT2D eigenvalue weighted by Gasteiger charge is -2.44. The highest BCUT2D eigenvalue weighted by molar-refractivity contribution is 7.04. The predicted molar refractivity (Wildman–Crippen MR) is 134 cm³/mol. The van der Waals surface area contributed by atoms with Crippen LogP contribution in [0.4, 0.5) is 0 Å². The summed E-state index contributed by atoms with van der Waals surface area (Å²) >= 11 is 0. The van der Waals surface area contributed by atoms with E-state index in [-0.39, 0.29) is 0 Å². The molecule has 0 amide bonds. The average molecular weight is 409 g/mol. The van der Waals surface area contributed by atoms with Crippen molar-refractivity contribution in [2.24, 2.45) is 0 Å². The highest BCUT2D eigenvalue weighted by atomic mass is 28.3. The fourth-order valence-corrected chi connectivity index (χ4v) is 11.8. The molecule has 2 rings (SSSR count). The summed E-state index contributed by atoms with van der Waals surface area (Å²) in [7, 11) is -1.87. The number of hydrogen-bond donors (Lipinski definition) is 0. The van der Waals surface area contributed by atoms with Gasteiger partial charge in [-0.1, -0.05) is 163 Å². The largest absolute Gasteiger partial charge is 0.123 e. The van der Waals surface area contributed by atoms with E-state index in [1.807, 2.05) is 0 Å². The van der Waals surface area contributed by atoms with Crippen LogP contribution in [0.2, 0.25) is 11.1 Å². The van der Waals surface area contributed by atoms with Gasteiger partial charge in [-0.15, -0.1) is 0 Å². The molecule has 0 nitrogen and oxygen atoms in total. The molecule has 0 N–H and O–H groups in total. The first-order chi connectivity index (χ1) is 14.2. The van der Waals surface area contributed by atoms with Gasteiger partial charge >= 0.3 is 0 Å². The van der Waals surface area contributed by atoms with E-state index < -0.39 is 8.07 Å². The molecule has 0 fully saturated rings. The number of benzene rings is 2. The molecule has 0 saturated carbocycles. The minimum absolute atomic E-state index is 0.769. The Morgan fingerprint density at radius 3 is 1.28 bits per heavy atom. The van der Waals surface area contributed by atoms with Gasteiger partial charge in [0.1, 0.15) is 8.07 Å². The molecule has 0 aliphatic carbocycles. The van der Waals surface area contributed by atoms with Crippen molar-refractivity contribution in [3.8, 4) is 0 Å². The summed E-state index contributed by atoms with van der Waals surface area (Å²) in [5.41, 5.74) is 1.54. The zero-order chi connectivity index (χ0) is 21.0. The average Bonchev–Trinajstić information content (AvgIpc) is 2.76. The van der Waals surface area contributed by atoms with Crippen molar-refractivity contribution in [3.05, 3.63) is 60.7 Å². The van der Waals surface area contributed by atoms with E-state index in [4.69, 9.17) is 0 Å². The standard InChI is InChI=1S/C28H44Si/c1-5-7-9-13-19-25(3)29(27-21-15-11-16-22-27,28-23-17-12-18-24-28)26(4)20-14-10-8-6-2/h11-12,15-18,21-26H,5-10,13-14,19-20H2,1-4H3/t25-,26-/m1/s1. The van der Waals surface area contributed by atoms with Crippen molar-refractivity contribution in [2.75, 3.05) is 0 Å². The van der Waals surface area contributed by atoms with Gasteiger partial charge in [0.2, 0.25) is 0 Å². The fraction of sp³-hybridized carbons (Fsp3) is 0.571. The SMILES string of the molecule is CCCCCC[C@@H](C)[Si](c1ccccc1)(c1ccccc1)[C@H](C)CCCCCC. The summed E-state index contributed by atoms with van der Waals surface area (Å²) < 4.78 is 0. The molecule has 2 aromatic carbocycles. The van der Waals surface area contributed by atoms with E-state index in [9.17, 15) is 0 Å². The van der Waals surface area contributed by atoms with E-state index in [0.29, 0.717) is 0 Å². The maximum atomic E-state index is 2.58. The fourth-order valence-electron chi connectivity index (χ4n) is 5.43. The van der Waals surface area contributed by atoms with Gasteiger partial charge in [0.25, 0.3) is 0 Å². The van der Waals surface area contributed by atoms with Crippen LogP contribution in [0.3, 0.4) is 0 Å². The topological polar surface area (TPSA) is 0 Å². The molecular weight excluding hydrogens is 364 g/mol. The van der Waals surface area contributed by atoms with Crippen LogP contribution < -0.4 is 10.4 Å². The smallest absolute Gasteiger partial charge is 0.0654 e. The predicted octanol–water partition coefficient (Wildman–Crippen LogP) is 7.97. The van der Waals surface area contributed by atoms with Gasteiger partial charge in [-0.3, -0.25) is 0 Å². The molecule has 160 valence electrons. The Kier molecular flexibility index (Phi) is 10.8. The van der Waals surface area contributed by atoms with Crippen LogP contribution in [-0.2, 0) is 0 Å². The second-order valence-corrected chi connectivity index (χ2v) is 14.0. The van der Waals surface area contributed by atoms with Crippen LogP contribution in [0.15, 0.2) is 60.7 Å². The molecule has 0 spiro atoms. The molecule has 0 aliphatic rings. The van der Waals surface area contributed by atoms with Crippen molar-refractivity contribution >= 4 is 18.4 Å². The molecule has 0 unspecified atom stereocenters. The molecule has 29 heavy (non-hydrogen) atoms. The third-order valence-electron chi connectivity index (χ3n) is 7.04. The molecular formula is C28H44Si. The van der Waals surface area contributed by atoms with Gasteiger partial charge < -0.3 is 0 Å². The minimum Gasteiger partial charge on any atom is -0.0654 e. The van der Waals surface area contributed by atoms with Gasteiger partial charge in [-0.05, 0) is 11.1 Å². The second-order valence-electron chi connectivity index (χ2n) is 9.10. The van der Waals surface area contributed by atoms with Gasteiger partial charge in [0.05, 0.1) is 0 Å². The number of unbranched alkanes of at least 4 members (excludes halogenated alkanes) is 6. The lowest BCUT2D eigenvalue weighted by atomic mass is 10.1. The Morgan fingerprint density at radius 2 is 0.931 bits per heavy atom. The summed E-state index contributed by atoms with van der Waals surface area (Å²) in [5.74, 6) is 0. The Balaban J connectivity index is 2.41. The molecule has 0 aliphatic heterocycles. The second kappa shape index (κ2) is 13.1. The van der Waals surface area contributed by atoms with Crippen molar-refractivity contribution in [2.45, 2.75) is 103 Å². The minimum atomic E-state index is -1.87. The zero-order valence-corrected chi connectivity index (χ0v) is 20.5. The molecule has 0 heterocycles. The highest BCUT2D eigenvalue weighted by Crippen LogP contribution is 2.39. The lowest BCUT2D eigenvalue weighted by molar-refractivity contribution is 0.594. The normalized spacial score (nSPS) is 13.9. The van der Waals surface area contributed by atoms with E-state index in [1.54, 1.807) is 10.4 Å². The van der Waals surface area contributed by atoms with Gasteiger partial charge in [-0.2, -0.15) is 0 Å². The Labute approximate surface area is 182 Å². The number of hydrogen-bond acceptors (Lipinski definition) is 0. The monoisotopic (exact) mass is 408 g/mol. The number of rotatable bonds is 14. The third-order valence-corrected chi connectivity index (χ3v) is 13.3. The first-order valence-corrected chi connectivity index (χ1v) is 14.4. The van der Waals surface area contributed by atoms with Crippen LogP contribution >= 0.6 is 0 Å². The van der Waals surface area contributed by atoms with E-state index >= 15 is 0 Å². The first-order valence-electron chi connectivity index (χ1n) is 12.3. The Morgan fingerprint density at radius 1 is 0.552 bits per heavy atom. The van der Waals surface area contributed by atoms with Crippen molar-refractivity contribution in [3.63, 3.8) is 0 Å². The summed E-state index contributed by atoms with van der Waals surface area (Å²) in [4.78, 5) is 0. The van der Waals surface area contributed by atoms with Crippen molar-refractivity contribution in [1.29, 1.82) is 0 Å². The highest BCUT2D eigenvalue weighted by Gasteiger charge is 2.46. The Hall–Kier alpha value is -1.34. The zero-order valence-electron chi connectivity index (χ0n) is 19.5. The van der Waals surface area contributed by atoms with Crippen LogP contribution in [0.5, 0.6) is 0 Å². The van der Waals surface area contributed by atoms with E-state index in [1.165, 1.54) is 64.2 Å². The van der Waals surface area contributed by atoms with Crippen LogP contribution in [0, 0.1) is 0 Å². The van der Waals surface area contributed by atoms with Crippen molar-refractivity contribution in [1.82, 2.24) is 0 Å². The maximum absolute atomic E-state index is 2.58. The van der Waals surface area contributed by atoms with Gasteiger partial charge in [0.15, 0.2) is 0 Å². The van der Waals surface area contributed by atoms with Crippen LogP contribution in [-0.4, -0.2) is 8.07 Å². The van der Waals surface area contributed by atoms with Gasteiger partial charge in [0, 0.05) is 0 Å². The van der Waals surface area contributed by atoms with Crippen LogP contribution in [0.1, 0.15) is 91.9 Å². The first kappa shape index (κ1) is 23.9. The Bertz CT molecular complexity index is 589. The summed E-state index contributed by atoms with van der Waals surface area (Å²) in [5, 5.41) is 3.30. The van der Waals surface area contributed by atoms with Gasteiger partial charge in [-0.25, -0.2) is 0 Å². The van der Waals surface area contributed by atoms with Crippen LogP contribution in [0.25, 0.3) is 0 Å². The van der Waals surface area contributed by atoms with E-state index in [0.717, 1.165) is 11.1 Å². The van der Waals surface area contributed by atoms with E-state index in [2.05, 4.69) is 88.4 Å². The quantitative estimate of drug-likeness (QED) is 0.219. The summed E-state index contributed by atoms with van der Waals surface area (Å²) in [6.45, 7) is 9.80. The lowest BCUT2D eigenvalue weighted by Crippen LogP contribution is -2.63. The molecule has 2 aromatic rings. The molecule has 1 heteroatoms. The van der Waals surface area contributed by atoms with Crippen molar-refractivity contribution < 1.29 is 0 Å². The molecule has 0 saturated heterocycles. The molecule has 0 bridgehead atoms.